The molecule has 0 aromatic heterocycles. The molecule has 0 heterocycles. The molecule has 2 aromatic rings. The molecular weight excluding hydrogens is 348 g/mol. The monoisotopic (exact) mass is 370 g/mol. The molecule has 0 radical (unpaired) electrons. The number of benzene rings is 2. The highest BCUT2D eigenvalue weighted by Gasteiger charge is 2.26. The number of carbonyl (C=O) groups is 3. The predicted molar refractivity (Wildman–Crippen MR) is 99.7 cm³/mol. The average molecular weight is 370 g/mol. The van der Waals surface area contributed by atoms with Gasteiger partial charge in [0.15, 0.2) is 0 Å². The molecule has 0 saturated heterocycles. The molecule has 0 fully saturated rings. The first-order chi connectivity index (χ1) is 13.0. The largest absolute Gasteiger partial charge is 0.465 e. The fourth-order valence-corrected chi connectivity index (χ4v) is 2.38. The van der Waals surface area contributed by atoms with E-state index in [1.165, 1.54) is 0 Å². The third-order valence-electron chi connectivity index (χ3n) is 3.77. The van der Waals surface area contributed by atoms with Gasteiger partial charge in [-0.2, -0.15) is 0 Å². The Morgan fingerprint density at radius 1 is 0.963 bits per heavy atom. The smallest absolute Gasteiger partial charge is 0.411 e. The molecule has 2 amide bonds. The van der Waals surface area contributed by atoms with Gasteiger partial charge < -0.3 is 15.2 Å². The molecule has 1 unspecified atom stereocenters. The van der Waals surface area contributed by atoms with Gasteiger partial charge in [0, 0.05) is 5.69 Å². The van der Waals surface area contributed by atoms with Crippen molar-refractivity contribution in [2.24, 2.45) is 11.7 Å². The Hall–Kier alpha value is -3.35. The van der Waals surface area contributed by atoms with Gasteiger partial charge in [-0.05, 0) is 36.6 Å². The van der Waals surface area contributed by atoms with E-state index in [9.17, 15) is 14.4 Å². The summed E-state index contributed by atoms with van der Waals surface area (Å²) in [6, 6.07) is 16.0. The van der Waals surface area contributed by atoms with Crippen LogP contribution in [0.15, 0.2) is 54.6 Å². The first-order valence-electron chi connectivity index (χ1n) is 8.52. The predicted octanol–water partition coefficient (Wildman–Crippen LogP) is 2.64. The van der Waals surface area contributed by atoms with Crippen molar-refractivity contribution in [3.63, 3.8) is 0 Å². The number of ether oxygens (including phenoxy) is 2. The van der Waals surface area contributed by atoms with Crippen LogP contribution in [0, 0.1) is 5.92 Å². The van der Waals surface area contributed by atoms with E-state index in [1.807, 2.05) is 30.3 Å². The summed E-state index contributed by atoms with van der Waals surface area (Å²) in [5.41, 5.74) is 7.42. The quantitative estimate of drug-likeness (QED) is 0.549. The molecule has 1 atom stereocenters. The standard InChI is InChI=1S/C20H22N2O5/c1-2-26-19(24)17(18(21)23)12-14-8-10-16(11-9-14)22-20(25)27-13-15-6-4-3-5-7-15/h3-11,17H,2,12-13H2,1H3,(H2,21,23)(H,22,25). The fraction of sp³-hybridized carbons (Fsp3) is 0.250. The van der Waals surface area contributed by atoms with Crippen LogP contribution in [0.2, 0.25) is 0 Å². The van der Waals surface area contributed by atoms with Gasteiger partial charge in [-0.15, -0.1) is 0 Å². The van der Waals surface area contributed by atoms with Crippen LogP contribution in [0.25, 0.3) is 0 Å². The zero-order chi connectivity index (χ0) is 19.6. The number of hydrogen-bond acceptors (Lipinski definition) is 5. The summed E-state index contributed by atoms with van der Waals surface area (Å²) in [6.07, 6.45) is -0.444. The van der Waals surface area contributed by atoms with Crippen molar-refractivity contribution in [1.29, 1.82) is 0 Å². The van der Waals surface area contributed by atoms with E-state index >= 15 is 0 Å². The fourth-order valence-electron chi connectivity index (χ4n) is 2.38. The van der Waals surface area contributed by atoms with Crippen LogP contribution in [0.1, 0.15) is 18.1 Å². The minimum atomic E-state index is -1.04. The van der Waals surface area contributed by atoms with Gasteiger partial charge in [0.2, 0.25) is 5.91 Å². The number of amides is 2. The number of carbonyl (C=O) groups excluding carboxylic acids is 3. The summed E-state index contributed by atoms with van der Waals surface area (Å²) in [4.78, 5) is 35.1. The van der Waals surface area contributed by atoms with E-state index in [0.717, 1.165) is 11.1 Å². The first kappa shape index (κ1) is 20.0. The van der Waals surface area contributed by atoms with Crippen LogP contribution in [0.4, 0.5) is 10.5 Å². The van der Waals surface area contributed by atoms with E-state index in [-0.39, 0.29) is 19.6 Å². The van der Waals surface area contributed by atoms with Crippen LogP contribution in [-0.4, -0.2) is 24.6 Å². The second kappa shape index (κ2) is 9.96. The van der Waals surface area contributed by atoms with Crippen LogP contribution < -0.4 is 11.1 Å². The second-order valence-corrected chi connectivity index (χ2v) is 5.79. The van der Waals surface area contributed by atoms with Crippen molar-refractivity contribution < 1.29 is 23.9 Å². The van der Waals surface area contributed by atoms with E-state index < -0.39 is 23.9 Å². The minimum absolute atomic E-state index is 0.132. The maximum absolute atomic E-state index is 11.8. The van der Waals surface area contributed by atoms with Gasteiger partial charge in [-0.1, -0.05) is 42.5 Å². The Labute approximate surface area is 157 Å². The lowest BCUT2D eigenvalue weighted by Crippen LogP contribution is -2.33. The Morgan fingerprint density at radius 3 is 2.22 bits per heavy atom. The molecular formula is C20H22N2O5. The number of rotatable bonds is 8. The maximum Gasteiger partial charge on any atom is 0.411 e. The second-order valence-electron chi connectivity index (χ2n) is 5.79. The molecule has 7 heteroatoms. The van der Waals surface area contributed by atoms with Crippen molar-refractivity contribution in [2.45, 2.75) is 20.0 Å². The highest BCUT2D eigenvalue weighted by Crippen LogP contribution is 2.15. The van der Waals surface area contributed by atoms with Crippen LogP contribution >= 0.6 is 0 Å². The van der Waals surface area contributed by atoms with Crippen molar-refractivity contribution in [1.82, 2.24) is 0 Å². The van der Waals surface area contributed by atoms with Gasteiger partial charge in [-0.25, -0.2) is 4.79 Å². The lowest BCUT2D eigenvalue weighted by molar-refractivity contribution is -0.151. The topological polar surface area (TPSA) is 108 Å². The van der Waals surface area contributed by atoms with Crippen LogP contribution in [-0.2, 0) is 32.1 Å². The van der Waals surface area contributed by atoms with Gasteiger partial charge in [-0.3, -0.25) is 14.9 Å². The molecule has 7 nitrogen and oxygen atoms in total. The van der Waals surface area contributed by atoms with Gasteiger partial charge in [0.05, 0.1) is 6.61 Å². The summed E-state index contributed by atoms with van der Waals surface area (Å²) in [6.45, 7) is 2.01. The van der Waals surface area contributed by atoms with E-state index in [1.54, 1.807) is 31.2 Å². The zero-order valence-corrected chi connectivity index (χ0v) is 15.0. The Morgan fingerprint density at radius 2 is 1.63 bits per heavy atom. The van der Waals surface area contributed by atoms with Crippen molar-refractivity contribution >= 4 is 23.7 Å². The Bertz CT molecular complexity index is 775. The Balaban J connectivity index is 1.89. The van der Waals surface area contributed by atoms with Crippen LogP contribution in [0.3, 0.4) is 0 Å². The van der Waals surface area contributed by atoms with Crippen molar-refractivity contribution in [3.8, 4) is 0 Å². The molecule has 2 aromatic carbocycles. The molecule has 0 bridgehead atoms. The van der Waals surface area contributed by atoms with E-state index in [0.29, 0.717) is 5.69 Å². The molecule has 0 aliphatic heterocycles. The number of nitrogens with one attached hydrogen (secondary N) is 1. The molecule has 0 aliphatic carbocycles. The highest BCUT2D eigenvalue weighted by atomic mass is 16.5. The highest BCUT2D eigenvalue weighted by molar-refractivity contribution is 5.97. The summed E-state index contributed by atoms with van der Waals surface area (Å²) >= 11 is 0. The normalized spacial score (nSPS) is 11.3. The molecule has 0 saturated carbocycles. The maximum atomic E-state index is 11.8. The lowest BCUT2D eigenvalue weighted by atomic mass is 9.98. The molecule has 0 spiro atoms. The molecule has 27 heavy (non-hydrogen) atoms. The van der Waals surface area contributed by atoms with Gasteiger partial charge in [0.1, 0.15) is 12.5 Å². The number of anilines is 1. The van der Waals surface area contributed by atoms with Crippen molar-refractivity contribution in [3.05, 3.63) is 65.7 Å². The van der Waals surface area contributed by atoms with Gasteiger partial charge in [0.25, 0.3) is 0 Å². The number of primary amides is 1. The molecule has 3 N–H and O–H groups in total. The first-order valence-corrected chi connectivity index (χ1v) is 8.52. The third-order valence-corrected chi connectivity index (χ3v) is 3.77. The zero-order valence-electron chi connectivity index (χ0n) is 15.0. The lowest BCUT2D eigenvalue weighted by Gasteiger charge is -2.12. The Kier molecular flexibility index (Phi) is 7.37. The van der Waals surface area contributed by atoms with Crippen LogP contribution in [0.5, 0.6) is 0 Å². The summed E-state index contributed by atoms with van der Waals surface area (Å²) in [5, 5.41) is 2.61. The number of esters is 1. The SMILES string of the molecule is CCOC(=O)C(Cc1ccc(NC(=O)OCc2ccccc2)cc1)C(N)=O. The van der Waals surface area contributed by atoms with E-state index in [4.69, 9.17) is 15.2 Å². The summed E-state index contributed by atoms with van der Waals surface area (Å²) in [7, 11) is 0. The average Bonchev–Trinajstić information content (AvgIpc) is 2.66. The molecule has 0 aliphatic rings. The van der Waals surface area contributed by atoms with Crippen molar-refractivity contribution in [2.75, 3.05) is 11.9 Å². The minimum Gasteiger partial charge on any atom is -0.465 e. The summed E-state index contributed by atoms with van der Waals surface area (Å²) < 4.78 is 10.0. The molecule has 2 rings (SSSR count). The third kappa shape index (κ3) is 6.47. The molecule has 142 valence electrons. The summed E-state index contributed by atoms with van der Waals surface area (Å²) in [5.74, 6) is -2.42. The number of nitrogens with two attached hydrogens (primary N) is 1. The number of hydrogen-bond donors (Lipinski definition) is 2. The van der Waals surface area contributed by atoms with E-state index in [2.05, 4.69) is 5.32 Å². The van der Waals surface area contributed by atoms with Gasteiger partial charge >= 0.3 is 12.1 Å².